The summed E-state index contributed by atoms with van der Waals surface area (Å²) in [5.41, 5.74) is 5.72. The van der Waals surface area contributed by atoms with Crippen LogP contribution in [0.5, 0.6) is 5.75 Å². The van der Waals surface area contributed by atoms with E-state index in [-0.39, 0.29) is 0 Å². The lowest BCUT2D eigenvalue weighted by Gasteiger charge is -2.32. The van der Waals surface area contributed by atoms with Gasteiger partial charge in [0, 0.05) is 32.0 Å². The molecule has 124 valence electrons. The minimum absolute atomic E-state index is 0.708. The molecule has 0 N–H and O–H groups in total. The molecule has 0 spiro atoms. The van der Waals surface area contributed by atoms with Crippen molar-refractivity contribution in [3.63, 3.8) is 0 Å². The van der Waals surface area contributed by atoms with Crippen molar-refractivity contribution in [1.29, 1.82) is 0 Å². The number of fused-ring (bicyclic) bond motifs is 2. The van der Waals surface area contributed by atoms with E-state index in [1.807, 2.05) is 20.3 Å². The molecule has 1 aliphatic rings. The molecule has 5 heteroatoms. The Morgan fingerprint density at radius 1 is 1.25 bits per heavy atom. The number of aromatic nitrogens is 2. The van der Waals surface area contributed by atoms with Crippen LogP contribution in [0.4, 0.5) is 11.4 Å². The summed E-state index contributed by atoms with van der Waals surface area (Å²) >= 11 is 0. The van der Waals surface area contributed by atoms with Gasteiger partial charge in [0.1, 0.15) is 18.0 Å². The van der Waals surface area contributed by atoms with Gasteiger partial charge < -0.3 is 18.9 Å². The summed E-state index contributed by atoms with van der Waals surface area (Å²) in [5, 5.41) is 0. The van der Waals surface area contributed by atoms with Gasteiger partial charge in [0.05, 0.1) is 30.7 Å². The van der Waals surface area contributed by atoms with Crippen molar-refractivity contribution in [2.45, 2.75) is 13.5 Å². The maximum Gasteiger partial charge on any atom is 0.144 e. The monoisotopic (exact) mass is 322 g/mol. The van der Waals surface area contributed by atoms with E-state index < -0.39 is 0 Å². The van der Waals surface area contributed by atoms with Crippen molar-refractivity contribution >= 4 is 17.0 Å². The average Bonchev–Trinajstić information content (AvgIpc) is 2.99. The molecule has 0 atom stereocenters. The second kappa shape index (κ2) is 5.74. The quantitative estimate of drug-likeness (QED) is 0.742. The summed E-state index contributed by atoms with van der Waals surface area (Å²) in [6.45, 7) is 4.51. The summed E-state index contributed by atoms with van der Waals surface area (Å²) in [7, 11) is 4.09. The highest BCUT2D eigenvalue weighted by atomic mass is 16.5. The van der Waals surface area contributed by atoms with E-state index in [0.29, 0.717) is 6.61 Å². The summed E-state index contributed by atoms with van der Waals surface area (Å²) in [6, 6.07) is 10.6. The first-order valence-corrected chi connectivity index (χ1v) is 8.24. The minimum atomic E-state index is 0.708. The molecule has 4 rings (SSSR count). The van der Waals surface area contributed by atoms with Gasteiger partial charge in [-0.3, -0.25) is 0 Å². The van der Waals surface area contributed by atoms with E-state index in [4.69, 9.17) is 4.74 Å². The second-order valence-electron chi connectivity index (χ2n) is 6.45. The summed E-state index contributed by atoms with van der Waals surface area (Å²) in [4.78, 5) is 9.03. The molecular weight excluding hydrogens is 300 g/mol. The van der Waals surface area contributed by atoms with Gasteiger partial charge in [0.15, 0.2) is 0 Å². The first-order chi connectivity index (χ1) is 11.6. The number of ether oxygens (including phenoxy) is 1. The van der Waals surface area contributed by atoms with E-state index in [2.05, 4.69) is 62.6 Å². The molecule has 0 aliphatic carbocycles. The van der Waals surface area contributed by atoms with Gasteiger partial charge in [-0.1, -0.05) is 6.07 Å². The molecule has 0 fully saturated rings. The summed E-state index contributed by atoms with van der Waals surface area (Å²) < 4.78 is 8.06. The van der Waals surface area contributed by atoms with Gasteiger partial charge in [0.2, 0.25) is 0 Å². The molecule has 0 saturated heterocycles. The minimum Gasteiger partial charge on any atom is -0.489 e. The fraction of sp³-hybridized carbons (Fsp3) is 0.316. The topological polar surface area (TPSA) is 33.0 Å². The van der Waals surface area contributed by atoms with Crippen molar-refractivity contribution in [1.82, 2.24) is 9.38 Å². The molecule has 0 saturated carbocycles. The smallest absolute Gasteiger partial charge is 0.144 e. The highest BCUT2D eigenvalue weighted by Gasteiger charge is 2.20. The third-order valence-corrected chi connectivity index (χ3v) is 4.58. The van der Waals surface area contributed by atoms with E-state index >= 15 is 0 Å². The van der Waals surface area contributed by atoms with Crippen LogP contribution < -0.4 is 14.5 Å². The van der Waals surface area contributed by atoms with Gasteiger partial charge in [-0.25, -0.2) is 4.98 Å². The summed E-state index contributed by atoms with van der Waals surface area (Å²) in [6.07, 6.45) is 4.06. The van der Waals surface area contributed by atoms with Crippen molar-refractivity contribution in [3.8, 4) is 5.75 Å². The third kappa shape index (κ3) is 2.46. The Hall–Kier alpha value is -2.69. The normalized spacial score (nSPS) is 13.7. The first kappa shape index (κ1) is 14.9. The molecular formula is C19H22N4O. The number of rotatable bonds is 3. The van der Waals surface area contributed by atoms with Crippen LogP contribution in [-0.2, 0) is 6.54 Å². The van der Waals surface area contributed by atoms with Gasteiger partial charge in [-0.05, 0) is 30.7 Å². The summed E-state index contributed by atoms with van der Waals surface area (Å²) in [5.74, 6) is 0.956. The molecule has 3 aromatic rings. The zero-order chi connectivity index (χ0) is 16.7. The van der Waals surface area contributed by atoms with Crippen molar-refractivity contribution < 1.29 is 4.74 Å². The molecule has 0 amide bonds. The largest absolute Gasteiger partial charge is 0.489 e. The van der Waals surface area contributed by atoms with Gasteiger partial charge in [-0.2, -0.15) is 0 Å². The van der Waals surface area contributed by atoms with E-state index in [0.717, 1.165) is 35.9 Å². The Kier molecular flexibility index (Phi) is 3.56. The van der Waals surface area contributed by atoms with Crippen molar-refractivity contribution in [2.75, 3.05) is 37.0 Å². The lowest BCUT2D eigenvalue weighted by molar-refractivity contribution is 0.306. The van der Waals surface area contributed by atoms with Crippen LogP contribution in [0.25, 0.3) is 5.65 Å². The molecule has 0 bridgehead atoms. The Morgan fingerprint density at radius 2 is 2.12 bits per heavy atom. The molecule has 1 aliphatic heterocycles. The lowest BCUT2D eigenvalue weighted by atomic mass is 10.2. The number of hydrogen-bond donors (Lipinski definition) is 0. The van der Waals surface area contributed by atoms with Crippen LogP contribution in [0.2, 0.25) is 0 Å². The van der Waals surface area contributed by atoms with Gasteiger partial charge in [0.25, 0.3) is 0 Å². The van der Waals surface area contributed by atoms with Crippen LogP contribution in [0.1, 0.15) is 11.3 Å². The number of nitrogens with zero attached hydrogens (tertiary/aromatic N) is 4. The maximum absolute atomic E-state index is 5.88. The van der Waals surface area contributed by atoms with Crippen LogP contribution in [0.15, 0.2) is 42.7 Å². The standard InChI is InChI=1S/C19H22N4O/c1-14-5-4-8-23-16(12-20-19(14)23)13-22-9-10-24-18-11-15(21(2)3)6-7-17(18)22/h4-8,11-12H,9-10,13H2,1-3H3. The van der Waals surface area contributed by atoms with Crippen molar-refractivity contribution in [3.05, 3.63) is 54.0 Å². The van der Waals surface area contributed by atoms with E-state index in [1.54, 1.807) is 0 Å². The Bertz CT molecular complexity index is 884. The average molecular weight is 322 g/mol. The van der Waals surface area contributed by atoms with E-state index in [1.165, 1.54) is 11.3 Å². The predicted octanol–water partition coefficient (Wildman–Crippen LogP) is 3.11. The van der Waals surface area contributed by atoms with Crippen LogP contribution in [-0.4, -0.2) is 36.6 Å². The molecule has 3 heterocycles. The fourth-order valence-corrected chi connectivity index (χ4v) is 3.22. The van der Waals surface area contributed by atoms with Crippen LogP contribution in [0, 0.1) is 6.92 Å². The third-order valence-electron chi connectivity index (χ3n) is 4.58. The predicted molar refractivity (Wildman–Crippen MR) is 97.2 cm³/mol. The molecule has 1 aromatic carbocycles. The SMILES string of the molecule is Cc1cccn2c(CN3CCOc4cc(N(C)C)ccc43)cnc12. The highest BCUT2D eigenvalue weighted by molar-refractivity contribution is 5.66. The highest BCUT2D eigenvalue weighted by Crippen LogP contribution is 2.35. The Labute approximate surface area is 142 Å². The van der Waals surface area contributed by atoms with Crippen LogP contribution >= 0.6 is 0 Å². The van der Waals surface area contributed by atoms with E-state index in [9.17, 15) is 0 Å². The number of benzene rings is 1. The molecule has 5 nitrogen and oxygen atoms in total. The Balaban J connectivity index is 1.68. The molecule has 2 aromatic heterocycles. The molecule has 0 radical (unpaired) electrons. The zero-order valence-corrected chi connectivity index (χ0v) is 14.4. The Morgan fingerprint density at radius 3 is 2.96 bits per heavy atom. The first-order valence-electron chi connectivity index (χ1n) is 8.24. The number of anilines is 2. The number of hydrogen-bond acceptors (Lipinski definition) is 4. The maximum atomic E-state index is 5.88. The zero-order valence-electron chi connectivity index (χ0n) is 14.4. The molecule has 24 heavy (non-hydrogen) atoms. The number of imidazole rings is 1. The number of aryl methyl sites for hydroxylation is 1. The lowest BCUT2D eigenvalue weighted by Crippen LogP contribution is -2.32. The molecule has 0 unspecified atom stereocenters. The van der Waals surface area contributed by atoms with Crippen LogP contribution in [0.3, 0.4) is 0 Å². The fourth-order valence-electron chi connectivity index (χ4n) is 3.22. The van der Waals surface area contributed by atoms with Gasteiger partial charge >= 0.3 is 0 Å². The van der Waals surface area contributed by atoms with Gasteiger partial charge in [-0.15, -0.1) is 0 Å². The number of pyridine rings is 1. The second-order valence-corrected chi connectivity index (χ2v) is 6.45. The van der Waals surface area contributed by atoms with Crippen molar-refractivity contribution in [2.24, 2.45) is 0 Å².